The van der Waals surface area contributed by atoms with E-state index in [-0.39, 0.29) is 23.9 Å². The lowest BCUT2D eigenvalue weighted by Gasteiger charge is -2.33. The zero-order valence-corrected chi connectivity index (χ0v) is 11.3. The Kier molecular flexibility index (Phi) is 4.16. The molecule has 0 unspecified atom stereocenters. The summed E-state index contributed by atoms with van der Waals surface area (Å²) in [6.45, 7) is 4.45. The molecule has 94 valence electrons. The summed E-state index contributed by atoms with van der Waals surface area (Å²) in [5.74, 6) is 0.252. The minimum Gasteiger partial charge on any atom is -0.299 e. The Bertz CT molecular complexity index is 344. The molecule has 0 aromatic carbocycles. The van der Waals surface area contributed by atoms with Gasteiger partial charge in [0.05, 0.1) is 5.75 Å². The average molecular weight is 246 g/mol. The van der Waals surface area contributed by atoms with Gasteiger partial charge in [-0.15, -0.1) is 0 Å². The van der Waals surface area contributed by atoms with Gasteiger partial charge in [0.2, 0.25) is 0 Å². The largest absolute Gasteiger partial charge is 0.299 e. The zero-order valence-electron chi connectivity index (χ0n) is 10.5. The van der Waals surface area contributed by atoms with Gasteiger partial charge in [-0.05, 0) is 31.1 Å². The maximum absolute atomic E-state index is 11.8. The van der Waals surface area contributed by atoms with Gasteiger partial charge in [0.15, 0.2) is 0 Å². The number of hydrogen-bond donors (Lipinski definition) is 0. The minimum absolute atomic E-state index is 0.00568. The normalized spacial score (nSPS) is 21.9. The highest BCUT2D eigenvalue weighted by molar-refractivity contribution is 7.90. The molecule has 0 aromatic rings. The monoisotopic (exact) mass is 246 g/mol. The van der Waals surface area contributed by atoms with Crippen molar-refractivity contribution in [1.29, 1.82) is 0 Å². The van der Waals surface area contributed by atoms with E-state index in [1.807, 2.05) is 0 Å². The van der Waals surface area contributed by atoms with Crippen molar-refractivity contribution >= 4 is 15.6 Å². The van der Waals surface area contributed by atoms with Crippen molar-refractivity contribution in [2.75, 3.05) is 12.0 Å². The van der Waals surface area contributed by atoms with E-state index in [4.69, 9.17) is 0 Å². The highest BCUT2D eigenvalue weighted by Gasteiger charge is 2.30. The minimum atomic E-state index is -3.00. The van der Waals surface area contributed by atoms with Crippen LogP contribution in [0.25, 0.3) is 0 Å². The molecule has 1 aliphatic rings. The van der Waals surface area contributed by atoms with Crippen molar-refractivity contribution in [2.24, 2.45) is 11.3 Å². The molecule has 1 aliphatic carbocycles. The molecule has 0 aliphatic heterocycles. The Morgan fingerprint density at radius 1 is 1.25 bits per heavy atom. The second kappa shape index (κ2) is 4.86. The van der Waals surface area contributed by atoms with Gasteiger partial charge in [-0.3, -0.25) is 4.79 Å². The Labute approximate surface area is 98.5 Å². The molecule has 1 saturated carbocycles. The number of ketones is 1. The summed E-state index contributed by atoms with van der Waals surface area (Å²) in [6.07, 6.45) is 5.38. The molecule has 3 nitrogen and oxygen atoms in total. The van der Waals surface area contributed by atoms with Crippen LogP contribution in [0, 0.1) is 11.3 Å². The molecule has 0 radical (unpaired) electrons. The molecule has 0 bridgehead atoms. The van der Waals surface area contributed by atoms with Crippen LogP contribution in [0.15, 0.2) is 0 Å². The standard InChI is InChI=1S/C12H22O3S/c1-12(2)7-4-10(5-8-12)11(13)6-9-16(3,14)15/h10H,4-9H2,1-3H3. The van der Waals surface area contributed by atoms with Crippen LogP contribution in [0.2, 0.25) is 0 Å². The summed E-state index contributed by atoms with van der Waals surface area (Å²) >= 11 is 0. The van der Waals surface area contributed by atoms with E-state index in [0.717, 1.165) is 25.7 Å². The Morgan fingerprint density at radius 3 is 2.19 bits per heavy atom. The summed E-state index contributed by atoms with van der Waals surface area (Å²) in [6, 6.07) is 0. The van der Waals surface area contributed by atoms with Gasteiger partial charge in [-0.1, -0.05) is 13.8 Å². The van der Waals surface area contributed by atoms with Crippen LogP contribution in [0.5, 0.6) is 0 Å². The molecule has 0 aromatic heterocycles. The van der Waals surface area contributed by atoms with Crippen LogP contribution < -0.4 is 0 Å². The summed E-state index contributed by atoms with van der Waals surface area (Å²) in [7, 11) is -3.00. The third kappa shape index (κ3) is 4.64. The zero-order chi connectivity index (χ0) is 12.4. The summed E-state index contributed by atoms with van der Waals surface area (Å²) in [5, 5.41) is 0. The fraction of sp³-hybridized carbons (Fsp3) is 0.917. The van der Waals surface area contributed by atoms with E-state index in [0.29, 0.717) is 5.41 Å². The van der Waals surface area contributed by atoms with Gasteiger partial charge in [0.25, 0.3) is 0 Å². The van der Waals surface area contributed by atoms with E-state index in [2.05, 4.69) is 13.8 Å². The smallest absolute Gasteiger partial charge is 0.147 e. The molecular weight excluding hydrogens is 224 g/mol. The molecule has 0 amide bonds. The van der Waals surface area contributed by atoms with Crippen molar-refractivity contribution in [2.45, 2.75) is 46.0 Å². The lowest BCUT2D eigenvalue weighted by atomic mass is 9.72. The van der Waals surface area contributed by atoms with Gasteiger partial charge in [-0.25, -0.2) is 8.42 Å². The molecule has 1 fully saturated rings. The molecule has 0 atom stereocenters. The van der Waals surface area contributed by atoms with Crippen LogP contribution in [0.1, 0.15) is 46.0 Å². The van der Waals surface area contributed by atoms with Crippen molar-refractivity contribution in [1.82, 2.24) is 0 Å². The molecule has 16 heavy (non-hydrogen) atoms. The fourth-order valence-corrected chi connectivity index (χ4v) is 2.78. The second-order valence-electron chi connectivity index (χ2n) is 5.78. The second-order valence-corrected chi connectivity index (χ2v) is 8.04. The van der Waals surface area contributed by atoms with Crippen LogP contribution in [-0.4, -0.2) is 26.2 Å². The van der Waals surface area contributed by atoms with E-state index < -0.39 is 9.84 Å². The number of sulfone groups is 1. The highest BCUT2D eigenvalue weighted by atomic mass is 32.2. The van der Waals surface area contributed by atoms with E-state index in [1.54, 1.807) is 0 Å². The van der Waals surface area contributed by atoms with E-state index in [1.165, 1.54) is 6.26 Å². The van der Waals surface area contributed by atoms with E-state index in [9.17, 15) is 13.2 Å². The molecule has 0 spiro atoms. The number of Topliss-reactive ketones (excluding diaryl/α,β-unsaturated/α-hetero) is 1. The van der Waals surface area contributed by atoms with Crippen LogP contribution in [0.4, 0.5) is 0 Å². The molecule has 0 saturated heterocycles. The Balaban J connectivity index is 2.40. The van der Waals surface area contributed by atoms with Crippen LogP contribution in [0.3, 0.4) is 0 Å². The maximum atomic E-state index is 11.8. The Morgan fingerprint density at radius 2 is 1.75 bits per heavy atom. The average Bonchev–Trinajstić information content (AvgIpc) is 2.13. The Hall–Kier alpha value is -0.380. The lowest BCUT2D eigenvalue weighted by Crippen LogP contribution is -2.27. The molecular formula is C12H22O3S. The van der Waals surface area contributed by atoms with Gasteiger partial charge in [-0.2, -0.15) is 0 Å². The predicted molar refractivity (Wildman–Crippen MR) is 65.1 cm³/mol. The number of hydrogen-bond acceptors (Lipinski definition) is 3. The number of rotatable bonds is 4. The first kappa shape index (κ1) is 13.7. The summed E-state index contributed by atoms with van der Waals surface area (Å²) in [5.41, 5.74) is 0.355. The van der Waals surface area contributed by atoms with Crippen molar-refractivity contribution < 1.29 is 13.2 Å². The first-order valence-corrected chi connectivity index (χ1v) is 7.96. The topological polar surface area (TPSA) is 51.2 Å². The first-order valence-electron chi connectivity index (χ1n) is 5.90. The van der Waals surface area contributed by atoms with Crippen LogP contribution >= 0.6 is 0 Å². The van der Waals surface area contributed by atoms with Gasteiger partial charge in [0, 0.05) is 18.6 Å². The predicted octanol–water partition coefficient (Wildman–Crippen LogP) is 2.21. The highest BCUT2D eigenvalue weighted by Crippen LogP contribution is 2.38. The SMILES string of the molecule is CC1(C)CCC(C(=O)CCS(C)(=O)=O)CC1. The van der Waals surface area contributed by atoms with Gasteiger partial charge < -0.3 is 0 Å². The van der Waals surface area contributed by atoms with Crippen molar-refractivity contribution in [3.8, 4) is 0 Å². The number of carbonyl (C=O) groups excluding carboxylic acids is 1. The summed E-state index contributed by atoms with van der Waals surface area (Å²) in [4.78, 5) is 11.8. The molecule has 1 rings (SSSR count). The van der Waals surface area contributed by atoms with Gasteiger partial charge >= 0.3 is 0 Å². The molecule has 0 heterocycles. The third-order valence-electron chi connectivity index (χ3n) is 3.51. The quantitative estimate of drug-likeness (QED) is 0.764. The van der Waals surface area contributed by atoms with Gasteiger partial charge in [0.1, 0.15) is 15.6 Å². The third-order valence-corrected chi connectivity index (χ3v) is 4.46. The molecule has 4 heteroatoms. The van der Waals surface area contributed by atoms with Crippen LogP contribution in [-0.2, 0) is 14.6 Å². The summed E-state index contributed by atoms with van der Waals surface area (Å²) < 4.78 is 21.9. The van der Waals surface area contributed by atoms with Crippen molar-refractivity contribution in [3.63, 3.8) is 0 Å². The van der Waals surface area contributed by atoms with E-state index >= 15 is 0 Å². The first-order chi connectivity index (χ1) is 7.20. The maximum Gasteiger partial charge on any atom is 0.147 e. The number of carbonyl (C=O) groups is 1. The lowest BCUT2D eigenvalue weighted by molar-refractivity contribution is -0.124. The van der Waals surface area contributed by atoms with Crippen molar-refractivity contribution in [3.05, 3.63) is 0 Å². The fourth-order valence-electron chi connectivity index (χ4n) is 2.21. The molecule has 0 N–H and O–H groups in total.